The van der Waals surface area contributed by atoms with E-state index in [1.165, 1.54) is 37.3 Å². The van der Waals surface area contributed by atoms with Crippen LogP contribution in [0.2, 0.25) is 0 Å². The van der Waals surface area contributed by atoms with Gasteiger partial charge in [-0.3, -0.25) is 14.5 Å². The standard InChI is InChI=1S/C12H15NO6/c1-13(6-10(15)16)11(12(17)18)7-3-4-8(14)9(5-7)19-2/h3-5,11,14H,6H2,1-2H3,(H,15,16)(H,17,18). The summed E-state index contributed by atoms with van der Waals surface area (Å²) in [5.41, 5.74) is 0.325. The molecule has 0 saturated carbocycles. The fourth-order valence-corrected chi connectivity index (χ4v) is 1.75. The summed E-state index contributed by atoms with van der Waals surface area (Å²) in [5.74, 6) is -2.29. The van der Waals surface area contributed by atoms with Crippen LogP contribution in [0.1, 0.15) is 11.6 Å². The molecule has 0 heterocycles. The fraction of sp³-hybridized carbons (Fsp3) is 0.333. The lowest BCUT2D eigenvalue weighted by Gasteiger charge is -2.23. The van der Waals surface area contributed by atoms with Crippen LogP contribution < -0.4 is 4.74 Å². The monoisotopic (exact) mass is 269 g/mol. The largest absolute Gasteiger partial charge is 0.504 e. The maximum atomic E-state index is 11.3. The summed E-state index contributed by atoms with van der Waals surface area (Å²) >= 11 is 0. The van der Waals surface area contributed by atoms with Crippen LogP contribution in [-0.2, 0) is 9.59 Å². The van der Waals surface area contributed by atoms with E-state index in [1.54, 1.807) is 0 Å². The number of phenols is 1. The minimum atomic E-state index is -1.18. The van der Waals surface area contributed by atoms with E-state index >= 15 is 0 Å². The molecule has 104 valence electrons. The van der Waals surface area contributed by atoms with E-state index in [-0.39, 0.29) is 11.5 Å². The molecule has 7 heteroatoms. The molecule has 0 aliphatic heterocycles. The molecule has 0 aliphatic rings. The van der Waals surface area contributed by atoms with Crippen LogP contribution in [-0.4, -0.2) is 52.9 Å². The van der Waals surface area contributed by atoms with Gasteiger partial charge < -0.3 is 20.1 Å². The molecule has 1 unspecified atom stereocenters. The predicted octanol–water partition coefficient (Wildman–Crippen LogP) is 0.543. The Balaban J connectivity index is 3.12. The van der Waals surface area contributed by atoms with Crippen molar-refractivity contribution in [2.45, 2.75) is 6.04 Å². The predicted molar refractivity (Wildman–Crippen MR) is 65.3 cm³/mol. The number of benzene rings is 1. The second kappa shape index (κ2) is 6.05. The number of carboxylic acids is 2. The zero-order valence-corrected chi connectivity index (χ0v) is 10.5. The molecule has 1 aromatic rings. The summed E-state index contributed by atoms with van der Waals surface area (Å²) in [7, 11) is 2.74. The molecule has 1 atom stereocenters. The molecule has 0 saturated heterocycles. The number of aromatic hydroxyl groups is 1. The molecule has 0 bridgehead atoms. The highest BCUT2D eigenvalue weighted by molar-refractivity contribution is 5.77. The van der Waals surface area contributed by atoms with E-state index in [4.69, 9.17) is 9.84 Å². The topological polar surface area (TPSA) is 107 Å². The average Bonchev–Trinajstić information content (AvgIpc) is 2.30. The van der Waals surface area contributed by atoms with Crippen LogP contribution >= 0.6 is 0 Å². The Kier molecular flexibility index (Phi) is 4.71. The van der Waals surface area contributed by atoms with Gasteiger partial charge >= 0.3 is 11.9 Å². The van der Waals surface area contributed by atoms with Crippen LogP contribution in [0.4, 0.5) is 0 Å². The number of rotatable bonds is 6. The molecule has 0 aromatic heterocycles. The first-order valence-electron chi connectivity index (χ1n) is 5.38. The maximum absolute atomic E-state index is 11.3. The van der Waals surface area contributed by atoms with Crippen molar-refractivity contribution >= 4 is 11.9 Å². The van der Waals surface area contributed by atoms with E-state index in [1.807, 2.05) is 0 Å². The SMILES string of the molecule is COc1cc(C(C(=O)O)N(C)CC(=O)O)ccc1O. The lowest BCUT2D eigenvalue weighted by Crippen LogP contribution is -2.34. The number of phenolic OH excluding ortho intramolecular Hbond substituents is 1. The minimum absolute atomic E-state index is 0.115. The van der Waals surface area contributed by atoms with Gasteiger partial charge in [-0.15, -0.1) is 0 Å². The third-order valence-corrected chi connectivity index (χ3v) is 2.58. The molecule has 0 aliphatic carbocycles. The molecule has 0 amide bonds. The van der Waals surface area contributed by atoms with Gasteiger partial charge in [0.15, 0.2) is 11.5 Å². The number of hydrogen-bond donors (Lipinski definition) is 3. The van der Waals surface area contributed by atoms with Crippen LogP contribution in [0.25, 0.3) is 0 Å². The van der Waals surface area contributed by atoms with Crippen molar-refractivity contribution in [2.75, 3.05) is 20.7 Å². The first-order chi connectivity index (χ1) is 8.86. The van der Waals surface area contributed by atoms with Gasteiger partial charge in [-0.1, -0.05) is 6.07 Å². The van der Waals surface area contributed by atoms with Gasteiger partial charge in [0.1, 0.15) is 6.04 Å². The van der Waals surface area contributed by atoms with Crippen molar-refractivity contribution in [1.82, 2.24) is 4.90 Å². The Hall–Kier alpha value is -2.28. The Labute approximate surface area is 109 Å². The van der Waals surface area contributed by atoms with Crippen LogP contribution in [0, 0.1) is 0 Å². The average molecular weight is 269 g/mol. The number of carbonyl (C=O) groups is 2. The van der Waals surface area contributed by atoms with Gasteiger partial charge in [-0.05, 0) is 24.7 Å². The number of nitrogens with zero attached hydrogens (tertiary/aromatic N) is 1. The molecule has 0 fully saturated rings. The zero-order valence-electron chi connectivity index (χ0n) is 10.5. The minimum Gasteiger partial charge on any atom is -0.504 e. The Morgan fingerprint density at radius 3 is 2.47 bits per heavy atom. The van der Waals surface area contributed by atoms with E-state index in [9.17, 15) is 19.8 Å². The summed E-state index contributed by atoms with van der Waals surface area (Å²) in [6, 6.07) is 2.95. The van der Waals surface area contributed by atoms with E-state index in [0.29, 0.717) is 5.56 Å². The van der Waals surface area contributed by atoms with Crippen molar-refractivity contribution < 1.29 is 29.6 Å². The van der Waals surface area contributed by atoms with Gasteiger partial charge in [0, 0.05) is 0 Å². The first kappa shape index (κ1) is 14.8. The molecular weight excluding hydrogens is 254 g/mol. The first-order valence-corrected chi connectivity index (χ1v) is 5.38. The van der Waals surface area contributed by atoms with Crippen molar-refractivity contribution in [2.24, 2.45) is 0 Å². The van der Waals surface area contributed by atoms with Crippen LogP contribution in [0.5, 0.6) is 11.5 Å². The summed E-state index contributed by atoms with van der Waals surface area (Å²) in [6.07, 6.45) is 0. The fourth-order valence-electron chi connectivity index (χ4n) is 1.75. The number of ether oxygens (including phenoxy) is 1. The molecule has 0 radical (unpaired) electrons. The smallest absolute Gasteiger partial charge is 0.325 e. The summed E-state index contributed by atoms with van der Waals surface area (Å²) in [5, 5.41) is 27.4. The number of methoxy groups -OCH3 is 1. The lowest BCUT2D eigenvalue weighted by molar-refractivity contribution is -0.145. The van der Waals surface area contributed by atoms with Crippen molar-refractivity contribution in [3.63, 3.8) is 0 Å². The third-order valence-electron chi connectivity index (χ3n) is 2.58. The van der Waals surface area contributed by atoms with Crippen LogP contribution in [0.15, 0.2) is 18.2 Å². The maximum Gasteiger partial charge on any atom is 0.325 e. The highest BCUT2D eigenvalue weighted by atomic mass is 16.5. The normalized spacial score (nSPS) is 12.2. The van der Waals surface area contributed by atoms with Crippen molar-refractivity contribution in [3.8, 4) is 11.5 Å². The van der Waals surface area contributed by atoms with Crippen molar-refractivity contribution in [3.05, 3.63) is 23.8 Å². The Morgan fingerprint density at radius 1 is 1.37 bits per heavy atom. The number of likely N-dealkylation sites (N-methyl/N-ethyl adjacent to an activating group) is 1. The van der Waals surface area contributed by atoms with Crippen molar-refractivity contribution in [1.29, 1.82) is 0 Å². The number of hydrogen-bond acceptors (Lipinski definition) is 5. The summed E-state index contributed by atoms with van der Waals surface area (Å²) in [4.78, 5) is 23.1. The Bertz CT molecular complexity index is 487. The molecular formula is C12H15NO6. The molecule has 19 heavy (non-hydrogen) atoms. The van der Waals surface area contributed by atoms with Gasteiger partial charge in [0.2, 0.25) is 0 Å². The molecule has 7 nitrogen and oxygen atoms in total. The van der Waals surface area contributed by atoms with Gasteiger partial charge in [-0.2, -0.15) is 0 Å². The van der Waals surface area contributed by atoms with Gasteiger partial charge in [0.25, 0.3) is 0 Å². The van der Waals surface area contributed by atoms with Gasteiger partial charge in [-0.25, -0.2) is 0 Å². The van der Waals surface area contributed by atoms with Crippen LogP contribution in [0.3, 0.4) is 0 Å². The molecule has 1 rings (SSSR count). The lowest BCUT2D eigenvalue weighted by atomic mass is 10.0. The second-order valence-electron chi connectivity index (χ2n) is 3.98. The summed E-state index contributed by atoms with van der Waals surface area (Å²) in [6.45, 7) is -0.417. The third kappa shape index (κ3) is 3.59. The number of carboxylic acid groups (broad SMARTS) is 2. The van der Waals surface area contributed by atoms with E-state index < -0.39 is 24.5 Å². The molecule has 1 aromatic carbocycles. The zero-order chi connectivity index (χ0) is 14.6. The number of aliphatic carboxylic acids is 2. The quantitative estimate of drug-likeness (QED) is 0.691. The molecule has 0 spiro atoms. The van der Waals surface area contributed by atoms with E-state index in [2.05, 4.69) is 0 Å². The Morgan fingerprint density at radius 2 is 2.00 bits per heavy atom. The summed E-state index contributed by atoms with van der Waals surface area (Å²) < 4.78 is 4.90. The highest BCUT2D eigenvalue weighted by Crippen LogP contribution is 2.30. The second-order valence-corrected chi connectivity index (χ2v) is 3.98. The van der Waals surface area contributed by atoms with E-state index in [0.717, 1.165) is 0 Å². The van der Waals surface area contributed by atoms with Gasteiger partial charge in [0.05, 0.1) is 13.7 Å². The highest BCUT2D eigenvalue weighted by Gasteiger charge is 2.26. The molecule has 3 N–H and O–H groups in total.